The maximum absolute atomic E-state index is 12.8. The first-order chi connectivity index (χ1) is 17.2. The Bertz CT molecular complexity index is 1180. The number of esters is 1. The molecular formula is C28H30N2O6. The Morgan fingerprint density at radius 3 is 2.17 bits per heavy atom. The second-order valence-corrected chi connectivity index (χ2v) is 9.62. The molecule has 8 nitrogen and oxygen atoms in total. The molecule has 0 bridgehead atoms. The largest absolute Gasteiger partial charge is 0.467 e. The van der Waals surface area contributed by atoms with E-state index in [2.05, 4.69) is 10.6 Å². The van der Waals surface area contributed by atoms with E-state index in [0.29, 0.717) is 5.76 Å². The zero-order valence-corrected chi connectivity index (χ0v) is 20.6. The Morgan fingerprint density at radius 1 is 0.944 bits per heavy atom. The first-order valence-corrected chi connectivity index (χ1v) is 11.8. The Labute approximate surface area is 210 Å². The highest BCUT2D eigenvalue weighted by Crippen LogP contribution is 2.44. The molecule has 0 saturated heterocycles. The molecule has 0 fully saturated rings. The standard InChI is InChI=1S/C28H30N2O6/c1-28(2,3)36-26(32)24(15-25(31)29-16-18-9-8-14-34-18)30-27(33)35-17-23-21-12-6-4-10-19(21)20-11-5-7-13-22(20)23/h4-14,23-24H,15-17H2,1-3H3,(H,29,31)(H,30,33). The van der Waals surface area contributed by atoms with Crippen molar-refractivity contribution in [2.45, 2.75) is 51.3 Å². The van der Waals surface area contributed by atoms with Gasteiger partial charge >= 0.3 is 12.1 Å². The summed E-state index contributed by atoms with van der Waals surface area (Å²) in [6.07, 6.45) is 0.398. The Hall–Kier alpha value is -4.07. The molecule has 0 saturated carbocycles. The fraction of sp³-hybridized carbons (Fsp3) is 0.321. The molecule has 1 aliphatic carbocycles. The van der Waals surface area contributed by atoms with E-state index in [0.717, 1.165) is 22.3 Å². The number of benzene rings is 2. The van der Waals surface area contributed by atoms with Crippen LogP contribution in [0.2, 0.25) is 0 Å². The van der Waals surface area contributed by atoms with Gasteiger partial charge in [-0.3, -0.25) is 4.79 Å². The van der Waals surface area contributed by atoms with Crippen molar-refractivity contribution in [1.82, 2.24) is 10.6 Å². The number of ether oxygens (including phenoxy) is 2. The molecule has 1 atom stereocenters. The molecule has 4 rings (SSSR count). The lowest BCUT2D eigenvalue weighted by atomic mass is 9.98. The third-order valence-corrected chi connectivity index (χ3v) is 5.76. The van der Waals surface area contributed by atoms with Crippen molar-refractivity contribution in [1.29, 1.82) is 0 Å². The van der Waals surface area contributed by atoms with E-state index >= 15 is 0 Å². The van der Waals surface area contributed by atoms with Crippen LogP contribution >= 0.6 is 0 Å². The molecule has 2 aromatic carbocycles. The molecule has 2 amide bonds. The number of fused-ring (bicyclic) bond motifs is 3. The summed E-state index contributed by atoms with van der Waals surface area (Å²) in [6, 6.07) is 18.2. The smallest absolute Gasteiger partial charge is 0.407 e. The summed E-state index contributed by atoms with van der Waals surface area (Å²) in [7, 11) is 0. The molecule has 1 aliphatic rings. The van der Waals surface area contributed by atoms with Crippen LogP contribution in [0, 0.1) is 0 Å². The van der Waals surface area contributed by atoms with Crippen molar-refractivity contribution in [3.8, 4) is 11.1 Å². The fourth-order valence-electron chi connectivity index (χ4n) is 4.20. The predicted octanol–water partition coefficient (Wildman–Crippen LogP) is 4.53. The van der Waals surface area contributed by atoms with Gasteiger partial charge in [-0.15, -0.1) is 0 Å². The lowest BCUT2D eigenvalue weighted by Gasteiger charge is -2.24. The lowest BCUT2D eigenvalue weighted by Crippen LogP contribution is -2.47. The summed E-state index contributed by atoms with van der Waals surface area (Å²) < 4.78 is 16.2. The Kier molecular flexibility index (Phi) is 7.43. The van der Waals surface area contributed by atoms with Gasteiger partial charge in [0.05, 0.1) is 19.2 Å². The van der Waals surface area contributed by atoms with Crippen molar-refractivity contribution in [2.24, 2.45) is 0 Å². The van der Waals surface area contributed by atoms with Crippen molar-refractivity contribution in [3.05, 3.63) is 83.8 Å². The van der Waals surface area contributed by atoms with Crippen LogP contribution in [-0.2, 0) is 25.6 Å². The van der Waals surface area contributed by atoms with Crippen LogP contribution in [0.4, 0.5) is 4.79 Å². The normalized spacial score (nSPS) is 13.3. The molecular weight excluding hydrogens is 460 g/mol. The van der Waals surface area contributed by atoms with Gasteiger partial charge in [0, 0.05) is 5.92 Å². The predicted molar refractivity (Wildman–Crippen MR) is 133 cm³/mol. The molecule has 8 heteroatoms. The van der Waals surface area contributed by atoms with Gasteiger partial charge in [0.25, 0.3) is 0 Å². The second kappa shape index (κ2) is 10.7. The van der Waals surface area contributed by atoms with Crippen molar-refractivity contribution in [3.63, 3.8) is 0 Å². The average molecular weight is 491 g/mol. The van der Waals surface area contributed by atoms with E-state index in [4.69, 9.17) is 13.9 Å². The quantitative estimate of drug-likeness (QED) is 0.449. The number of furan rings is 1. The zero-order chi connectivity index (χ0) is 25.7. The number of amides is 2. The lowest BCUT2D eigenvalue weighted by molar-refractivity contribution is -0.158. The van der Waals surface area contributed by atoms with Gasteiger partial charge in [-0.05, 0) is 55.2 Å². The summed E-state index contributed by atoms with van der Waals surface area (Å²) in [5.74, 6) is -0.716. The monoisotopic (exact) mass is 490 g/mol. The highest BCUT2D eigenvalue weighted by atomic mass is 16.6. The van der Waals surface area contributed by atoms with Crippen molar-refractivity contribution in [2.75, 3.05) is 6.61 Å². The molecule has 1 aromatic heterocycles. The minimum atomic E-state index is -1.21. The molecule has 2 N–H and O–H groups in total. The molecule has 0 spiro atoms. The SMILES string of the molecule is CC(C)(C)OC(=O)C(CC(=O)NCc1ccco1)NC(=O)OCC1c2ccccc2-c2ccccc21. The van der Waals surface area contributed by atoms with Gasteiger partial charge in [0.15, 0.2) is 0 Å². The average Bonchev–Trinajstić information content (AvgIpc) is 3.46. The van der Waals surface area contributed by atoms with Crippen molar-refractivity contribution >= 4 is 18.0 Å². The van der Waals surface area contributed by atoms with Crippen LogP contribution in [0.1, 0.15) is 50.0 Å². The summed E-state index contributed by atoms with van der Waals surface area (Å²) in [5.41, 5.74) is 3.59. The molecule has 36 heavy (non-hydrogen) atoms. The number of hydrogen-bond acceptors (Lipinski definition) is 6. The maximum Gasteiger partial charge on any atom is 0.407 e. The fourth-order valence-corrected chi connectivity index (χ4v) is 4.20. The van der Waals surface area contributed by atoms with E-state index in [1.54, 1.807) is 32.9 Å². The topological polar surface area (TPSA) is 107 Å². The van der Waals surface area contributed by atoms with E-state index in [-0.39, 0.29) is 25.5 Å². The van der Waals surface area contributed by atoms with Crippen LogP contribution in [0.3, 0.4) is 0 Å². The van der Waals surface area contributed by atoms with E-state index in [1.807, 2.05) is 48.5 Å². The van der Waals surface area contributed by atoms with Crippen LogP contribution in [0.25, 0.3) is 11.1 Å². The van der Waals surface area contributed by atoms with Crippen molar-refractivity contribution < 1.29 is 28.3 Å². The molecule has 188 valence electrons. The van der Waals surface area contributed by atoms with Crippen LogP contribution < -0.4 is 10.6 Å². The number of alkyl carbamates (subject to hydrolysis) is 1. The first-order valence-electron chi connectivity index (χ1n) is 11.8. The second-order valence-electron chi connectivity index (χ2n) is 9.62. The van der Waals surface area contributed by atoms with E-state index < -0.39 is 29.6 Å². The number of hydrogen-bond donors (Lipinski definition) is 2. The van der Waals surface area contributed by atoms with Gasteiger partial charge in [-0.2, -0.15) is 0 Å². The van der Waals surface area contributed by atoms with E-state index in [9.17, 15) is 14.4 Å². The van der Waals surface area contributed by atoms with Gasteiger partial charge in [-0.1, -0.05) is 48.5 Å². The highest BCUT2D eigenvalue weighted by molar-refractivity contribution is 5.88. The van der Waals surface area contributed by atoms with Gasteiger partial charge in [0.2, 0.25) is 5.91 Å². The molecule has 1 heterocycles. The number of carbonyl (C=O) groups excluding carboxylic acids is 3. The number of nitrogens with one attached hydrogen (secondary N) is 2. The van der Waals surface area contributed by atoms with Gasteiger partial charge < -0.3 is 24.5 Å². The van der Waals surface area contributed by atoms with Crippen LogP contribution in [0.15, 0.2) is 71.3 Å². The molecule has 3 aromatic rings. The Morgan fingerprint density at radius 2 is 1.58 bits per heavy atom. The third-order valence-electron chi connectivity index (χ3n) is 5.76. The molecule has 1 unspecified atom stereocenters. The maximum atomic E-state index is 12.8. The van der Waals surface area contributed by atoms with E-state index in [1.165, 1.54) is 6.26 Å². The summed E-state index contributed by atoms with van der Waals surface area (Å²) in [5, 5.41) is 5.19. The molecule has 0 aliphatic heterocycles. The minimum absolute atomic E-state index is 0.0889. The summed E-state index contributed by atoms with van der Waals surface area (Å²) in [4.78, 5) is 38.0. The van der Waals surface area contributed by atoms with Gasteiger partial charge in [0.1, 0.15) is 24.0 Å². The highest BCUT2D eigenvalue weighted by Gasteiger charge is 2.32. The first kappa shape index (κ1) is 25.0. The molecule has 0 radical (unpaired) electrons. The number of carbonyl (C=O) groups is 3. The van der Waals surface area contributed by atoms with Gasteiger partial charge in [-0.25, -0.2) is 9.59 Å². The Balaban J connectivity index is 1.40. The number of rotatable bonds is 8. The summed E-state index contributed by atoms with van der Waals surface area (Å²) in [6.45, 7) is 5.40. The third kappa shape index (κ3) is 6.13. The minimum Gasteiger partial charge on any atom is -0.467 e. The summed E-state index contributed by atoms with van der Waals surface area (Å²) >= 11 is 0. The van der Waals surface area contributed by atoms with Crippen LogP contribution in [-0.4, -0.2) is 36.2 Å². The van der Waals surface area contributed by atoms with Crippen LogP contribution in [0.5, 0.6) is 0 Å². The zero-order valence-electron chi connectivity index (χ0n) is 20.6.